The van der Waals surface area contributed by atoms with Gasteiger partial charge in [0, 0.05) is 49.2 Å². The van der Waals surface area contributed by atoms with Crippen LogP contribution in [0.4, 0.5) is 5.69 Å². The van der Waals surface area contributed by atoms with Gasteiger partial charge >= 0.3 is 0 Å². The van der Waals surface area contributed by atoms with Crippen molar-refractivity contribution in [1.29, 1.82) is 0 Å². The van der Waals surface area contributed by atoms with E-state index in [1.807, 2.05) is 60.5 Å². The highest BCUT2D eigenvalue weighted by Gasteiger charge is 2.52. The van der Waals surface area contributed by atoms with Gasteiger partial charge in [-0.1, -0.05) is 30.3 Å². The zero-order valence-electron chi connectivity index (χ0n) is 15.8. The van der Waals surface area contributed by atoms with Gasteiger partial charge in [0.05, 0.1) is 5.41 Å². The topological polar surface area (TPSA) is 53.5 Å². The molecule has 2 aliphatic heterocycles. The second-order valence-electron chi connectivity index (χ2n) is 7.70. The molecule has 0 aliphatic carbocycles. The summed E-state index contributed by atoms with van der Waals surface area (Å²) in [4.78, 5) is 34.4. The summed E-state index contributed by atoms with van der Waals surface area (Å²) in [5, 5.41) is 1.85. The molecule has 1 fully saturated rings. The Labute approximate surface area is 163 Å². The summed E-state index contributed by atoms with van der Waals surface area (Å²) in [5.74, 6) is 0.0732. The van der Waals surface area contributed by atoms with E-state index in [0.717, 1.165) is 34.9 Å². The number of carbonyl (C=O) groups is 2. The Hall–Kier alpha value is -3.21. The number of para-hydroxylation sites is 1. The molecule has 0 saturated carbocycles. The van der Waals surface area contributed by atoms with Crippen LogP contribution in [0.25, 0.3) is 10.8 Å². The van der Waals surface area contributed by atoms with Gasteiger partial charge in [0.15, 0.2) is 0 Å². The summed E-state index contributed by atoms with van der Waals surface area (Å²) < 4.78 is 0. The molecule has 0 N–H and O–H groups in total. The number of hydrogen-bond acceptors (Lipinski definition) is 3. The lowest BCUT2D eigenvalue weighted by atomic mass is 9.75. The quantitative estimate of drug-likeness (QED) is 0.659. The molecule has 0 unspecified atom stereocenters. The second kappa shape index (κ2) is 6.16. The predicted octanol–water partition coefficient (Wildman–Crippen LogP) is 3.39. The van der Waals surface area contributed by atoms with E-state index in [9.17, 15) is 9.59 Å². The first kappa shape index (κ1) is 16.9. The van der Waals surface area contributed by atoms with E-state index >= 15 is 0 Å². The number of pyridine rings is 1. The van der Waals surface area contributed by atoms with Gasteiger partial charge in [0.1, 0.15) is 0 Å². The van der Waals surface area contributed by atoms with Crippen LogP contribution in [0.3, 0.4) is 0 Å². The summed E-state index contributed by atoms with van der Waals surface area (Å²) in [6.07, 6.45) is 5.07. The molecule has 5 heteroatoms. The van der Waals surface area contributed by atoms with Crippen molar-refractivity contribution in [3.8, 4) is 0 Å². The number of rotatable bonds is 1. The molecule has 5 nitrogen and oxygen atoms in total. The molecule has 3 aromatic rings. The zero-order valence-corrected chi connectivity index (χ0v) is 15.8. The van der Waals surface area contributed by atoms with Crippen LogP contribution >= 0.6 is 0 Å². The normalized spacial score (nSPS) is 21.4. The number of likely N-dealkylation sites (N-methyl/N-ethyl adjacent to an activating group) is 1. The lowest BCUT2D eigenvalue weighted by Gasteiger charge is -2.39. The SMILES string of the molecule is CN1C(=O)[C@@]2(CCCN(C(=O)c3cccc4cnccc34)C2)c2ccccc21. The lowest BCUT2D eigenvalue weighted by molar-refractivity contribution is -0.124. The molecule has 1 saturated heterocycles. The zero-order chi connectivity index (χ0) is 19.3. The standard InChI is InChI=1S/C23H21N3O2/c1-25-20-9-3-2-8-19(20)23(22(25)28)11-5-13-26(15-23)21(27)18-7-4-6-16-14-24-12-10-17(16)18/h2-4,6-10,12,14H,5,11,13,15H2,1H3/t23-/m1/s1. The second-order valence-corrected chi connectivity index (χ2v) is 7.70. The summed E-state index contributed by atoms with van der Waals surface area (Å²) in [7, 11) is 1.83. The number of benzene rings is 2. The average molecular weight is 371 g/mol. The number of amides is 2. The average Bonchev–Trinajstić information content (AvgIpc) is 2.95. The molecule has 0 bridgehead atoms. The molecule has 1 aromatic heterocycles. The first-order valence-electron chi connectivity index (χ1n) is 9.61. The lowest BCUT2D eigenvalue weighted by Crippen LogP contribution is -2.53. The maximum atomic E-state index is 13.4. The Morgan fingerprint density at radius 1 is 1.11 bits per heavy atom. The fourth-order valence-electron chi connectivity index (χ4n) is 4.82. The third-order valence-electron chi connectivity index (χ3n) is 6.19. The smallest absolute Gasteiger partial charge is 0.254 e. The summed E-state index contributed by atoms with van der Waals surface area (Å²) in [6.45, 7) is 1.09. The molecule has 2 aromatic carbocycles. The monoisotopic (exact) mass is 371 g/mol. The third kappa shape index (κ3) is 2.29. The maximum Gasteiger partial charge on any atom is 0.254 e. The fraction of sp³-hybridized carbons (Fsp3) is 0.261. The first-order chi connectivity index (χ1) is 13.6. The first-order valence-corrected chi connectivity index (χ1v) is 9.61. The van der Waals surface area contributed by atoms with E-state index in [1.54, 1.807) is 17.3 Å². The number of anilines is 1. The largest absolute Gasteiger partial charge is 0.337 e. The van der Waals surface area contributed by atoms with Crippen molar-refractivity contribution < 1.29 is 9.59 Å². The van der Waals surface area contributed by atoms with Gasteiger partial charge in [0.25, 0.3) is 5.91 Å². The Kier molecular flexibility index (Phi) is 3.72. The molecule has 1 atom stereocenters. The molecule has 140 valence electrons. The van der Waals surface area contributed by atoms with E-state index in [-0.39, 0.29) is 11.8 Å². The number of fused-ring (bicyclic) bond motifs is 3. The van der Waals surface area contributed by atoms with E-state index < -0.39 is 5.41 Å². The third-order valence-corrected chi connectivity index (χ3v) is 6.19. The van der Waals surface area contributed by atoms with E-state index in [1.165, 1.54) is 0 Å². The van der Waals surface area contributed by atoms with Crippen LogP contribution in [0.2, 0.25) is 0 Å². The van der Waals surface area contributed by atoms with Crippen LogP contribution < -0.4 is 4.90 Å². The molecule has 2 amide bonds. The molecule has 3 heterocycles. The van der Waals surface area contributed by atoms with Crippen LogP contribution in [-0.2, 0) is 10.2 Å². The van der Waals surface area contributed by atoms with Crippen LogP contribution in [-0.4, -0.2) is 41.8 Å². The minimum atomic E-state index is -0.634. The minimum absolute atomic E-state index is 0.0179. The number of aromatic nitrogens is 1. The van der Waals surface area contributed by atoms with Crippen molar-refractivity contribution in [1.82, 2.24) is 9.88 Å². The summed E-state index contributed by atoms with van der Waals surface area (Å²) >= 11 is 0. The summed E-state index contributed by atoms with van der Waals surface area (Å²) in [5.41, 5.74) is 2.04. The molecule has 2 aliphatic rings. The molecular formula is C23H21N3O2. The Morgan fingerprint density at radius 3 is 2.86 bits per heavy atom. The summed E-state index contributed by atoms with van der Waals surface area (Å²) in [6, 6.07) is 15.6. The number of hydrogen-bond donors (Lipinski definition) is 0. The number of piperidine rings is 1. The minimum Gasteiger partial charge on any atom is -0.337 e. The Bertz CT molecular complexity index is 1100. The van der Waals surface area contributed by atoms with Gasteiger partial charge < -0.3 is 9.80 Å². The number of nitrogens with zero attached hydrogens (tertiary/aromatic N) is 3. The van der Waals surface area contributed by atoms with Gasteiger partial charge in [-0.3, -0.25) is 14.6 Å². The van der Waals surface area contributed by atoms with Gasteiger partial charge in [-0.05, 0) is 42.0 Å². The van der Waals surface area contributed by atoms with Crippen molar-refractivity contribution in [3.05, 3.63) is 72.1 Å². The predicted molar refractivity (Wildman–Crippen MR) is 108 cm³/mol. The van der Waals surface area contributed by atoms with Gasteiger partial charge in [-0.15, -0.1) is 0 Å². The highest BCUT2D eigenvalue weighted by atomic mass is 16.2. The molecule has 5 rings (SSSR count). The van der Waals surface area contributed by atoms with Crippen LogP contribution in [0.5, 0.6) is 0 Å². The maximum absolute atomic E-state index is 13.4. The van der Waals surface area contributed by atoms with E-state index in [4.69, 9.17) is 0 Å². The fourth-order valence-corrected chi connectivity index (χ4v) is 4.82. The molecular weight excluding hydrogens is 350 g/mol. The van der Waals surface area contributed by atoms with Crippen LogP contribution in [0.1, 0.15) is 28.8 Å². The molecule has 28 heavy (non-hydrogen) atoms. The van der Waals surface area contributed by atoms with Crippen LogP contribution in [0.15, 0.2) is 60.9 Å². The van der Waals surface area contributed by atoms with Gasteiger partial charge in [-0.25, -0.2) is 0 Å². The van der Waals surface area contributed by atoms with E-state index in [2.05, 4.69) is 4.98 Å². The van der Waals surface area contributed by atoms with Crippen molar-refractivity contribution in [2.45, 2.75) is 18.3 Å². The Morgan fingerprint density at radius 2 is 1.96 bits per heavy atom. The number of likely N-dealkylation sites (tertiary alicyclic amines) is 1. The molecule has 1 spiro atoms. The Balaban J connectivity index is 1.55. The highest BCUT2D eigenvalue weighted by molar-refractivity contribution is 6.10. The highest BCUT2D eigenvalue weighted by Crippen LogP contribution is 2.46. The molecule has 0 radical (unpaired) electrons. The number of carbonyl (C=O) groups excluding carboxylic acids is 2. The van der Waals surface area contributed by atoms with Crippen molar-refractivity contribution in [3.63, 3.8) is 0 Å². The van der Waals surface area contributed by atoms with Gasteiger partial charge in [-0.2, -0.15) is 0 Å². The van der Waals surface area contributed by atoms with Crippen molar-refractivity contribution in [2.75, 3.05) is 25.0 Å². The van der Waals surface area contributed by atoms with Crippen molar-refractivity contribution >= 4 is 28.3 Å². The van der Waals surface area contributed by atoms with Gasteiger partial charge in [0.2, 0.25) is 5.91 Å². The van der Waals surface area contributed by atoms with E-state index in [0.29, 0.717) is 18.7 Å². The van der Waals surface area contributed by atoms with Crippen LogP contribution in [0, 0.1) is 0 Å². The van der Waals surface area contributed by atoms with Crippen molar-refractivity contribution in [2.24, 2.45) is 0 Å².